The van der Waals surface area contributed by atoms with E-state index in [-0.39, 0.29) is 11.8 Å². The average molecular weight is 392 g/mol. The summed E-state index contributed by atoms with van der Waals surface area (Å²) in [7, 11) is 0. The van der Waals surface area contributed by atoms with Crippen LogP contribution in [0.4, 0.5) is 5.69 Å². The van der Waals surface area contributed by atoms with Crippen molar-refractivity contribution in [1.29, 1.82) is 0 Å². The summed E-state index contributed by atoms with van der Waals surface area (Å²) in [6.07, 6.45) is 5.61. The quantitative estimate of drug-likeness (QED) is 0.698. The van der Waals surface area contributed by atoms with Crippen LogP contribution in [0, 0.1) is 0 Å². The highest BCUT2D eigenvalue weighted by molar-refractivity contribution is 7.13. The molecule has 1 aromatic carbocycles. The number of anilines is 1. The van der Waals surface area contributed by atoms with E-state index in [2.05, 4.69) is 15.3 Å². The van der Waals surface area contributed by atoms with E-state index >= 15 is 0 Å². The van der Waals surface area contributed by atoms with Gasteiger partial charge in [-0.3, -0.25) is 14.6 Å². The maximum atomic E-state index is 12.5. The summed E-state index contributed by atoms with van der Waals surface area (Å²) in [5.74, 6) is -0.0239. The molecule has 1 saturated heterocycles. The van der Waals surface area contributed by atoms with E-state index in [0.29, 0.717) is 31.5 Å². The monoisotopic (exact) mass is 392 g/mol. The van der Waals surface area contributed by atoms with Crippen molar-refractivity contribution in [2.24, 2.45) is 0 Å². The van der Waals surface area contributed by atoms with Crippen molar-refractivity contribution in [2.75, 3.05) is 18.0 Å². The van der Waals surface area contributed by atoms with Gasteiger partial charge in [-0.05, 0) is 36.8 Å². The predicted molar refractivity (Wildman–Crippen MR) is 109 cm³/mol. The molecule has 1 aliphatic heterocycles. The molecule has 0 unspecified atom stereocenters. The van der Waals surface area contributed by atoms with E-state index in [9.17, 15) is 9.59 Å². The van der Waals surface area contributed by atoms with Crippen LogP contribution < -0.4 is 10.2 Å². The molecule has 7 heteroatoms. The third kappa shape index (κ3) is 4.09. The van der Waals surface area contributed by atoms with Crippen molar-refractivity contribution in [1.82, 2.24) is 15.3 Å². The van der Waals surface area contributed by atoms with E-state index in [0.717, 1.165) is 28.4 Å². The maximum absolute atomic E-state index is 12.5. The van der Waals surface area contributed by atoms with E-state index in [1.807, 2.05) is 29.6 Å². The Morgan fingerprint density at radius 1 is 1.21 bits per heavy atom. The Hall–Kier alpha value is -3.06. The van der Waals surface area contributed by atoms with Gasteiger partial charge in [0.15, 0.2) is 0 Å². The van der Waals surface area contributed by atoms with Gasteiger partial charge in [-0.15, -0.1) is 11.3 Å². The normalized spacial score (nSPS) is 13.7. The summed E-state index contributed by atoms with van der Waals surface area (Å²) < 4.78 is 0. The van der Waals surface area contributed by atoms with Gasteiger partial charge in [-0.1, -0.05) is 6.07 Å². The van der Waals surface area contributed by atoms with Gasteiger partial charge in [-0.25, -0.2) is 4.98 Å². The van der Waals surface area contributed by atoms with Crippen LogP contribution in [-0.4, -0.2) is 34.9 Å². The highest BCUT2D eigenvalue weighted by Crippen LogP contribution is 2.23. The lowest BCUT2D eigenvalue weighted by atomic mass is 10.1. The molecule has 4 rings (SSSR count). The topological polar surface area (TPSA) is 75.2 Å². The molecule has 0 aliphatic carbocycles. The Kier molecular flexibility index (Phi) is 5.43. The first-order chi connectivity index (χ1) is 13.7. The van der Waals surface area contributed by atoms with E-state index in [1.165, 1.54) is 0 Å². The molecule has 0 radical (unpaired) electrons. The minimum absolute atomic E-state index is 0.117. The maximum Gasteiger partial charge on any atom is 0.251 e. The van der Waals surface area contributed by atoms with Crippen molar-refractivity contribution in [3.8, 4) is 10.6 Å². The van der Waals surface area contributed by atoms with Crippen LogP contribution in [0.25, 0.3) is 10.6 Å². The molecule has 2 amide bonds. The molecule has 0 saturated carbocycles. The second-order valence-electron chi connectivity index (χ2n) is 6.59. The number of nitrogens with one attached hydrogen (secondary N) is 1. The number of nitrogens with zero attached hydrogens (tertiary/aromatic N) is 3. The number of carbonyl (C=O) groups excluding carboxylic acids is 2. The molecule has 28 heavy (non-hydrogen) atoms. The van der Waals surface area contributed by atoms with E-state index in [4.69, 9.17) is 0 Å². The number of pyridine rings is 1. The second-order valence-corrected chi connectivity index (χ2v) is 7.44. The first-order valence-corrected chi connectivity index (χ1v) is 10.1. The molecule has 0 bridgehead atoms. The Bertz CT molecular complexity index is 987. The summed E-state index contributed by atoms with van der Waals surface area (Å²) in [6, 6.07) is 11.1. The number of amides is 2. The van der Waals surface area contributed by atoms with Gasteiger partial charge in [0.25, 0.3) is 5.91 Å². The number of aromatic nitrogens is 2. The number of hydrogen-bond acceptors (Lipinski definition) is 5. The Morgan fingerprint density at radius 3 is 2.86 bits per heavy atom. The first-order valence-electron chi connectivity index (χ1n) is 9.24. The number of rotatable bonds is 6. The lowest BCUT2D eigenvalue weighted by Crippen LogP contribution is -2.27. The minimum Gasteiger partial charge on any atom is -0.352 e. The summed E-state index contributed by atoms with van der Waals surface area (Å²) in [5, 5.41) is 5.90. The van der Waals surface area contributed by atoms with Crippen LogP contribution >= 0.6 is 11.3 Å². The predicted octanol–water partition coefficient (Wildman–Crippen LogP) is 3.30. The zero-order valence-corrected chi connectivity index (χ0v) is 16.1. The van der Waals surface area contributed by atoms with Crippen LogP contribution in [0.3, 0.4) is 0 Å². The standard InChI is InChI=1S/C21H20N4O2S/c26-19-5-2-12-25(19)18-4-1-3-16(13-18)20(27)23-11-8-17-14-28-21(24-17)15-6-9-22-10-7-15/h1,3-4,6-7,9-10,13-14H,2,5,8,11-12H2,(H,23,27). The summed E-state index contributed by atoms with van der Waals surface area (Å²) in [6.45, 7) is 1.22. The highest BCUT2D eigenvalue weighted by atomic mass is 32.1. The van der Waals surface area contributed by atoms with Gasteiger partial charge >= 0.3 is 0 Å². The third-order valence-electron chi connectivity index (χ3n) is 4.64. The fourth-order valence-corrected chi connectivity index (χ4v) is 4.05. The first kappa shape index (κ1) is 18.3. The molecular weight excluding hydrogens is 372 g/mol. The van der Waals surface area contributed by atoms with Gasteiger partial charge in [0.05, 0.1) is 5.69 Å². The summed E-state index contributed by atoms with van der Waals surface area (Å²) >= 11 is 1.59. The smallest absolute Gasteiger partial charge is 0.251 e. The SMILES string of the molecule is O=C(NCCc1csc(-c2ccncc2)n1)c1cccc(N2CCCC2=O)c1. The van der Waals surface area contributed by atoms with Crippen LogP contribution in [0.2, 0.25) is 0 Å². The Labute approximate surface area is 167 Å². The molecule has 3 aromatic rings. The van der Waals surface area contributed by atoms with Gasteiger partial charge < -0.3 is 10.2 Å². The molecular formula is C21H20N4O2S. The van der Waals surface area contributed by atoms with Crippen molar-refractivity contribution in [3.05, 3.63) is 65.4 Å². The number of hydrogen-bond donors (Lipinski definition) is 1. The minimum atomic E-state index is -0.141. The largest absolute Gasteiger partial charge is 0.352 e. The number of carbonyl (C=O) groups is 2. The van der Waals surface area contributed by atoms with Gasteiger partial charge in [0.1, 0.15) is 5.01 Å². The summed E-state index contributed by atoms with van der Waals surface area (Å²) in [4.78, 5) is 34.8. The molecule has 6 nitrogen and oxygen atoms in total. The van der Waals surface area contributed by atoms with Gasteiger partial charge in [-0.2, -0.15) is 0 Å². The van der Waals surface area contributed by atoms with Crippen LogP contribution in [-0.2, 0) is 11.2 Å². The van der Waals surface area contributed by atoms with Gasteiger partial charge in [0, 0.05) is 60.5 Å². The lowest BCUT2D eigenvalue weighted by molar-refractivity contribution is -0.117. The third-order valence-corrected chi connectivity index (χ3v) is 5.58. The average Bonchev–Trinajstić information content (AvgIpc) is 3.38. The molecule has 1 N–H and O–H groups in total. The molecule has 3 heterocycles. The van der Waals surface area contributed by atoms with E-state index < -0.39 is 0 Å². The lowest BCUT2D eigenvalue weighted by Gasteiger charge is -2.16. The van der Waals surface area contributed by atoms with Crippen molar-refractivity contribution in [2.45, 2.75) is 19.3 Å². The van der Waals surface area contributed by atoms with Crippen molar-refractivity contribution >= 4 is 28.8 Å². The molecule has 0 spiro atoms. The summed E-state index contributed by atoms with van der Waals surface area (Å²) in [5.41, 5.74) is 3.35. The Morgan fingerprint density at radius 2 is 2.07 bits per heavy atom. The van der Waals surface area contributed by atoms with Crippen LogP contribution in [0.1, 0.15) is 28.9 Å². The molecule has 2 aromatic heterocycles. The van der Waals surface area contributed by atoms with Crippen LogP contribution in [0.15, 0.2) is 54.2 Å². The van der Waals surface area contributed by atoms with Crippen LogP contribution in [0.5, 0.6) is 0 Å². The van der Waals surface area contributed by atoms with E-state index in [1.54, 1.807) is 40.8 Å². The fourth-order valence-electron chi connectivity index (χ4n) is 3.19. The van der Waals surface area contributed by atoms with Gasteiger partial charge in [0.2, 0.25) is 5.91 Å². The Balaban J connectivity index is 1.34. The number of benzene rings is 1. The fraction of sp³-hybridized carbons (Fsp3) is 0.238. The molecule has 142 valence electrons. The molecule has 1 aliphatic rings. The van der Waals surface area contributed by atoms with Crippen molar-refractivity contribution in [3.63, 3.8) is 0 Å². The van der Waals surface area contributed by atoms with Crippen molar-refractivity contribution < 1.29 is 9.59 Å². The zero-order valence-electron chi connectivity index (χ0n) is 15.3. The second kappa shape index (κ2) is 8.31. The zero-order chi connectivity index (χ0) is 19.3. The molecule has 0 atom stereocenters. The number of thiazole rings is 1. The highest BCUT2D eigenvalue weighted by Gasteiger charge is 2.22. The molecule has 1 fully saturated rings.